The van der Waals surface area contributed by atoms with Gasteiger partial charge in [-0.1, -0.05) is 19.1 Å². The van der Waals surface area contributed by atoms with Gasteiger partial charge in [0.1, 0.15) is 17.3 Å². The van der Waals surface area contributed by atoms with Crippen LogP contribution >= 0.6 is 0 Å². The van der Waals surface area contributed by atoms with Crippen LogP contribution in [0.5, 0.6) is 17.4 Å². The monoisotopic (exact) mass is 258 g/mol. The Kier molecular flexibility index (Phi) is 4.61. The zero-order valence-electron chi connectivity index (χ0n) is 11.2. The molecule has 1 N–H and O–H groups in total. The van der Waals surface area contributed by atoms with Crippen LogP contribution in [0.3, 0.4) is 0 Å². The van der Waals surface area contributed by atoms with Crippen LogP contribution in [0.1, 0.15) is 13.3 Å². The number of ether oxygens (including phenoxy) is 2. The van der Waals surface area contributed by atoms with Crippen LogP contribution in [-0.2, 0) is 0 Å². The van der Waals surface area contributed by atoms with Gasteiger partial charge in [-0.2, -0.15) is 4.98 Å². The third-order valence-electron chi connectivity index (χ3n) is 2.54. The zero-order chi connectivity index (χ0) is 13.5. The Morgan fingerprint density at radius 2 is 1.89 bits per heavy atom. The molecule has 4 nitrogen and oxygen atoms in total. The molecule has 1 aromatic carbocycles. The lowest BCUT2D eigenvalue weighted by Gasteiger charge is -2.08. The Labute approximate surface area is 113 Å². The van der Waals surface area contributed by atoms with Crippen LogP contribution in [0.2, 0.25) is 0 Å². The maximum atomic E-state index is 5.71. The molecule has 1 heterocycles. The summed E-state index contributed by atoms with van der Waals surface area (Å²) in [4.78, 5) is 4.39. The maximum absolute atomic E-state index is 5.71. The number of hydrogen-bond acceptors (Lipinski definition) is 4. The lowest BCUT2D eigenvalue weighted by molar-refractivity contribution is 0.407. The summed E-state index contributed by atoms with van der Waals surface area (Å²) >= 11 is 0. The standard InChI is InChI=1S/C15H18N2O2/c1-3-10-16-14-8-5-9-15(17-14)19-13-7-4-6-12(11-13)18-2/h4-9,11H,3,10H2,1-2H3,(H,16,17). The quantitative estimate of drug-likeness (QED) is 0.857. The molecular formula is C15H18N2O2. The minimum absolute atomic E-state index is 0.564. The normalized spacial score (nSPS) is 10.0. The van der Waals surface area contributed by atoms with Gasteiger partial charge in [0, 0.05) is 18.7 Å². The molecule has 2 aromatic rings. The highest BCUT2D eigenvalue weighted by atomic mass is 16.5. The molecule has 0 radical (unpaired) electrons. The van der Waals surface area contributed by atoms with E-state index in [0.29, 0.717) is 11.6 Å². The van der Waals surface area contributed by atoms with Crippen molar-refractivity contribution in [3.63, 3.8) is 0 Å². The smallest absolute Gasteiger partial charge is 0.221 e. The molecule has 0 aliphatic heterocycles. The second-order valence-electron chi connectivity index (χ2n) is 4.07. The Balaban J connectivity index is 2.09. The van der Waals surface area contributed by atoms with E-state index in [0.717, 1.165) is 24.5 Å². The van der Waals surface area contributed by atoms with Gasteiger partial charge in [0.2, 0.25) is 5.88 Å². The fourth-order valence-electron chi connectivity index (χ4n) is 1.61. The molecule has 0 aliphatic rings. The molecule has 19 heavy (non-hydrogen) atoms. The molecule has 0 saturated heterocycles. The van der Waals surface area contributed by atoms with Crippen molar-refractivity contribution in [3.8, 4) is 17.4 Å². The van der Waals surface area contributed by atoms with Gasteiger partial charge >= 0.3 is 0 Å². The summed E-state index contributed by atoms with van der Waals surface area (Å²) in [5.41, 5.74) is 0. The van der Waals surface area contributed by atoms with Gasteiger partial charge in [0.05, 0.1) is 7.11 Å². The first-order chi connectivity index (χ1) is 9.31. The minimum atomic E-state index is 0.564. The lowest BCUT2D eigenvalue weighted by Crippen LogP contribution is -2.02. The van der Waals surface area contributed by atoms with E-state index in [1.54, 1.807) is 7.11 Å². The van der Waals surface area contributed by atoms with Gasteiger partial charge < -0.3 is 14.8 Å². The third-order valence-corrected chi connectivity index (χ3v) is 2.54. The van der Waals surface area contributed by atoms with Crippen molar-refractivity contribution < 1.29 is 9.47 Å². The molecule has 0 fully saturated rings. The topological polar surface area (TPSA) is 43.4 Å². The number of methoxy groups -OCH3 is 1. The van der Waals surface area contributed by atoms with Crippen LogP contribution in [-0.4, -0.2) is 18.6 Å². The van der Waals surface area contributed by atoms with Crippen LogP contribution in [0.25, 0.3) is 0 Å². The number of hydrogen-bond donors (Lipinski definition) is 1. The molecule has 1 aromatic heterocycles. The molecule has 0 aliphatic carbocycles. The molecular weight excluding hydrogens is 240 g/mol. The first kappa shape index (κ1) is 13.2. The van der Waals surface area contributed by atoms with E-state index in [9.17, 15) is 0 Å². The van der Waals surface area contributed by atoms with E-state index in [1.165, 1.54) is 0 Å². The zero-order valence-corrected chi connectivity index (χ0v) is 11.2. The van der Waals surface area contributed by atoms with Crippen LogP contribution in [0.4, 0.5) is 5.82 Å². The van der Waals surface area contributed by atoms with Gasteiger partial charge in [-0.3, -0.25) is 0 Å². The second-order valence-corrected chi connectivity index (χ2v) is 4.07. The number of anilines is 1. The SMILES string of the molecule is CCCNc1cccc(Oc2cccc(OC)c2)n1. The molecule has 0 saturated carbocycles. The number of benzene rings is 1. The van der Waals surface area contributed by atoms with Crippen molar-refractivity contribution in [2.24, 2.45) is 0 Å². The summed E-state index contributed by atoms with van der Waals surface area (Å²) in [6.07, 6.45) is 1.06. The molecule has 2 rings (SSSR count). The van der Waals surface area contributed by atoms with Gasteiger partial charge in [-0.05, 0) is 24.6 Å². The van der Waals surface area contributed by atoms with Crippen molar-refractivity contribution in [2.75, 3.05) is 19.0 Å². The van der Waals surface area contributed by atoms with E-state index in [-0.39, 0.29) is 0 Å². The molecule has 0 bridgehead atoms. The molecule has 0 unspecified atom stereocenters. The number of pyridine rings is 1. The van der Waals surface area contributed by atoms with Crippen molar-refractivity contribution in [3.05, 3.63) is 42.5 Å². The van der Waals surface area contributed by atoms with Crippen molar-refractivity contribution >= 4 is 5.82 Å². The fourth-order valence-corrected chi connectivity index (χ4v) is 1.61. The highest BCUT2D eigenvalue weighted by Crippen LogP contribution is 2.24. The number of aromatic nitrogens is 1. The lowest BCUT2D eigenvalue weighted by atomic mass is 10.3. The molecule has 100 valence electrons. The average Bonchev–Trinajstić information content (AvgIpc) is 2.46. The van der Waals surface area contributed by atoms with Gasteiger partial charge in [0.25, 0.3) is 0 Å². The van der Waals surface area contributed by atoms with Crippen molar-refractivity contribution in [1.82, 2.24) is 4.98 Å². The largest absolute Gasteiger partial charge is 0.497 e. The van der Waals surface area contributed by atoms with Crippen molar-refractivity contribution in [2.45, 2.75) is 13.3 Å². The highest BCUT2D eigenvalue weighted by Gasteiger charge is 2.01. The van der Waals surface area contributed by atoms with Crippen LogP contribution < -0.4 is 14.8 Å². The molecule has 0 amide bonds. The predicted molar refractivity (Wildman–Crippen MR) is 76.1 cm³/mol. The minimum Gasteiger partial charge on any atom is -0.497 e. The summed E-state index contributed by atoms with van der Waals surface area (Å²) in [5, 5.41) is 3.23. The van der Waals surface area contributed by atoms with E-state index in [2.05, 4.69) is 17.2 Å². The number of rotatable bonds is 6. The van der Waals surface area contributed by atoms with Crippen LogP contribution in [0, 0.1) is 0 Å². The maximum Gasteiger partial charge on any atom is 0.221 e. The summed E-state index contributed by atoms with van der Waals surface area (Å²) in [5.74, 6) is 2.86. The first-order valence-electron chi connectivity index (χ1n) is 6.34. The molecule has 0 spiro atoms. The number of nitrogens with one attached hydrogen (secondary N) is 1. The predicted octanol–water partition coefficient (Wildman–Crippen LogP) is 3.70. The number of nitrogens with zero attached hydrogens (tertiary/aromatic N) is 1. The Morgan fingerprint density at radius 1 is 1.11 bits per heavy atom. The Morgan fingerprint density at radius 3 is 2.68 bits per heavy atom. The van der Waals surface area contributed by atoms with E-state index in [4.69, 9.17) is 9.47 Å². The first-order valence-corrected chi connectivity index (χ1v) is 6.34. The van der Waals surface area contributed by atoms with Gasteiger partial charge in [-0.15, -0.1) is 0 Å². The fraction of sp³-hybridized carbons (Fsp3) is 0.267. The second kappa shape index (κ2) is 6.64. The third kappa shape index (κ3) is 3.88. The highest BCUT2D eigenvalue weighted by molar-refractivity contribution is 5.39. The van der Waals surface area contributed by atoms with E-state index >= 15 is 0 Å². The molecule has 4 heteroatoms. The summed E-state index contributed by atoms with van der Waals surface area (Å²) in [6.45, 7) is 3.01. The molecule has 0 atom stereocenters. The average molecular weight is 258 g/mol. The van der Waals surface area contributed by atoms with E-state index < -0.39 is 0 Å². The van der Waals surface area contributed by atoms with Crippen LogP contribution in [0.15, 0.2) is 42.5 Å². The van der Waals surface area contributed by atoms with Crippen molar-refractivity contribution in [1.29, 1.82) is 0 Å². The summed E-state index contributed by atoms with van der Waals surface area (Å²) in [7, 11) is 1.63. The Bertz CT molecular complexity index is 529. The van der Waals surface area contributed by atoms with Gasteiger partial charge in [-0.25, -0.2) is 0 Å². The van der Waals surface area contributed by atoms with Gasteiger partial charge in [0.15, 0.2) is 0 Å². The van der Waals surface area contributed by atoms with E-state index in [1.807, 2.05) is 42.5 Å². The Hall–Kier alpha value is -2.23. The summed E-state index contributed by atoms with van der Waals surface area (Å²) in [6, 6.07) is 13.1. The summed E-state index contributed by atoms with van der Waals surface area (Å²) < 4.78 is 10.9.